The van der Waals surface area contributed by atoms with Crippen LogP contribution in [-0.4, -0.2) is 40.0 Å². The molecule has 168 valence electrons. The molecule has 4 rings (SSSR count). The van der Waals surface area contributed by atoms with Crippen LogP contribution in [0.1, 0.15) is 39.7 Å². The van der Waals surface area contributed by atoms with E-state index in [1.54, 1.807) is 23.8 Å². The Morgan fingerprint density at radius 1 is 1.28 bits per heavy atom. The van der Waals surface area contributed by atoms with Gasteiger partial charge in [-0.2, -0.15) is 4.98 Å². The summed E-state index contributed by atoms with van der Waals surface area (Å²) < 4.78 is 7.25. The van der Waals surface area contributed by atoms with E-state index in [1.165, 1.54) is 0 Å². The first kappa shape index (κ1) is 22.1. The quantitative estimate of drug-likeness (QED) is 0.540. The highest BCUT2D eigenvalue weighted by atomic mass is 35.5. The molecule has 3 aromatic rings. The smallest absolute Gasteiger partial charge is 0.293 e. The zero-order valence-electron chi connectivity index (χ0n) is 18.4. The van der Waals surface area contributed by atoms with Crippen molar-refractivity contribution in [2.45, 2.75) is 39.7 Å². The van der Waals surface area contributed by atoms with E-state index in [1.807, 2.05) is 32.0 Å². The number of nitrogens with zero attached hydrogens (tertiary/aromatic N) is 4. The van der Waals surface area contributed by atoms with Gasteiger partial charge in [0.15, 0.2) is 17.4 Å². The maximum absolute atomic E-state index is 13.0. The van der Waals surface area contributed by atoms with Crippen molar-refractivity contribution in [3.63, 3.8) is 0 Å². The first-order valence-electron chi connectivity index (χ1n) is 10.8. The fraction of sp³-hybridized carbons (Fsp3) is 0.391. The predicted octanol–water partition coefficient (Wildman–Crippen LogP) is 4.34. The fourth-order valence-electron chi connectivity index (χ4n) is 3.53. The van der Waals surface area contributed by atoms with E-state index in [2.05, 4.69) is 20.2 Å². The largest absolute Gasteiger partial charge is 0.480 e. The molecule has 9 heteroatoms. The van der Waals surface area contributed by atoms with Crippen LogP contribution in [0.3, 0.4) is 0 Å². The monoisotopic (exact) mass is 455 g/mol. The van der Waals surface area contributed by atoms with E-state index in [-0.39, 0.29) is 29.7 Å². The van der Waals surface area contributed by atoms with Crippen molar-refractivity contribution in [2.24, 2.45) is 0 Å². The Morgan fingerprint density at radius 2 is 2.06 bits per heavy atom. The molecule has 32 heavy (non-hydrogen) atoms. The summed E-state index contributed by atoms with van der Waals surface area (Å²) in [6.45, 7) is 7.39. The van der Waals surface area contributed by atoms with Crippen LogP contribution in [0.2, 0.25) is 5.02 Å². The Kier molecular flexibility index (Phi) is 6.32. The molecule has 3 heterocycles. The zero-order chi connectivity index (χ0) is 22.8. The number of halogens is 1. The maximum Gasteiger partial charge on any atom is 0.293 e. The molecule has 0 radical (unpaired) electrons. The molecule has 0 aliphatic carbocycles. The average Bonchev–Trinajstić information content (AvgIpc) is 2.73. The molecule has 0 atom stereocenters. The first-order chi connectivity index (χ1) is 15.4. The molecular formula is C23H26ClN5O3. The van der Waals surface area contributed by atoms with Gasteiger partial charge < -0.3 is 19.5 Å². The summed E-state index contributed by atoms with van der Waals surface area (Å²) in [7, 11) is 0. The number of hydrogen-bond donors (Lipinski definition) is 1. The highest BCUT2D eigenvalue weighted by Gasteiger charge is 2.19. The molecular weight excluding hydrogens is 430 g/mol. The SMILES string of the molecule is CCC(=O)COc1cc2cc(Nc3nc(N4CCC4)ncc3Cl)ccc2n(C(C)C)c1=O. The van der Waals surface area contributed by atoms with E-state index >= 15 is 0 Å². The summed E-state index contributed by atoms with van der Waals surface area (Å²) in [6.07, 6.45) is 3.09. The van der Waals surface area contributed by atoms with E-state index in [9.17, 15) is 9.59 Å². The third kappa shape index (κ3) is 4.41. The van der Waals surface area contributed by atoms with Crippen molar-refractivity contribution in [2.75, 3.05) is 29.9 Å². The van der Waals surface area contributed by atoms with Crippen LogP contribution in [0.5, 0.6) is 5.75 Å². The molecule has 1 N–H and O–H groups in total. The predicted molar refractivity (Wildman–Crippen MR) is 127 cm³/mol. The van der Waals surface area contributed by atoms with E-state index < -0.39 is 0 Å². The number of benzene rings is 1. The summed E-state index contributed by atoms with van der Waals surface area (Å²) in [5.41, 5.74) is 1.28. The van der Waals surface area contributed by atoms with Gasteiger partial charge in [0.25, 0.3) is 5.56 Å². The molecule has 1 aromatic carbocycles. The van der Waals surface area contributed by atoms with Crippen molar-refractivity contribution in [3.8, 4) is 5.75 Å². The number of fused-ring (bicyclic) bond motifs is 1. The first-order valence-corrected chi connectivity index (χ1v) is 11.1. The van der Waals surface area contributed by atoms with Crippen molar-refractivity contribution >= 4 is 45.7 Å². The summed E-state index contributed by atoms with van der Waals surface area (Å²) >= 11 is 6.32. The Morgan fingerprint density at radius 3 is 2.72 bits per heavy atom. The number of carbonyl (C=O) groups excluding carboxylic acids is 1. The second kappa shape index (κ2) is 9.16. The number of pyridine rings is 1. The molecule has 1 aliphatic heterocycles. The van der Waals surface area contributed by atoms with Crippen molar-refractivity contribution in [1.82, 2.24) is 14.5 Å². The third-order valence-electron chi connectivity index (χ3n) is 5.44. The number of nitrogens with one attached hydrogen (secondary N) is 1. The number of aromatic nitrogens is 3. The number of ketones is 1. The van der Waals surface area contributed by atoms with Crippen LogP contribution in [-0.2, 0) is 4.79 Å². The molecule has 0 amide bonds. The van der Waals surface area contributed by atoms with Gasteiger partial charge >= 0.3 is 0 Å². The standard InChI is InChI=1S/C23H26ClN5O3/c1-4-17(30)13-32-20-11-15-10-16(6-7-19(15)29(14(2)3)22(20)31)26-21-18(24)12-25-23(27-21)28-8-5-9-28/h6-7,10-12,14H,4-5,8-9,13H2,1-3H3,(H,25,26,27). The molecule has 1 aliphatic rings. The van der Waals surface area contributed by atoms with E-state index in [0.29, 0.717) is 23.2 Å². The lowest BCUT2D eigenvalue weighted by molar-refractivity contribution is -0.120. The van der Waals surface area contributed by atoms with Gasteiger partial charge in [-0.1, -0.05) is 18.5 Å². The summed E-state index contributed by atoms with van der Waals surface area (Å²) in [5, 5.41) is 4.48. The van der Waals surface area contributed by atoms with Gasteiger partial charge in [-0.05, 0) is 44.5 Å². The molecule has 0 bridgehead atoms. The Bertz CT molecular complexity index is 1220. The summed E-state index contributed by atoms with van der Waals surface area (Å²) in [5.74, 6) is 1.26. The molecule has 8 nitrogen and oxygen atoms in total. The van der Waals surface area contributed by atoms with Crippen LogP contribution in [0, 0.1) is 0 Å². The van der Waals surface area contributed by atoms with E-state index in [4.69, 9.17) is 16.3 Å². The van der Waals surface area contributed by atoms with Gasteiger partial charge in [0.2, 0.25) is 5.95 Å². The third-order valence-corrected chi connectivity index (χ3v) is 5.71. The van der Waals surface area contributed by atoms with Gasteiger partial charge in [0.05, 0.1) is 11.7 Å². The lowest BCUT2D eigenvalue weighted by Gasteiger charge is -2.31. The fourth-order valence-corrected chi connectivity index (χ4v) is 3.66. The minimum absolute atomic E-state index is 0.0626. The van der Waals surface area contributed by atoms with Crippen molar-refractivity contribution < 1.29 is 9.53 Å². The number of ether oxygens (including phenoxy) is 1. The Balaban J connectivity index is 1.70. The molecule has 0 unspecified atom stereocenters. The number of anilines is 3. The van der Waals surface area contributed by atoms with Gasteiger partial charge in [0, 0.05) is 36.6 Å². The molecule has 1 saturated heterocycles. The highest BCUT2D eigenvalue weighted by molar-refractivity contribution is 6.32. The molecule has 1 fully saturated rings. The Labute approximate surface area is 191 Å². The summed E-state index contributed by atoms with van der Waals surface area (Å²) in [6, 6.07) is 7.26. The maximum atomic E-state index is 13.0. The zero-order valence-corrected chi connectivity index (χ0v) is 19.1. The lowest BCUT2D eigenvalue weighted by atomic mass is 10.1. The second-order valence-electron chi connectivity index (χ2n) is 8.06. The number of carbonyl (C=O) groups is 1. The van der Waals surface area contributed by atoms with Crippen LogP contribution in [0.15, 0.2) is 35.3 Å². The normalized spacial score (nSPS) is 13.3. The highest BCUT2D eigenvalue weighted by Crippen LogP contribution is 2.29. The van der Waals surface area contributed by atoms with Gasteiger partial charge in [0.1, 0.15) is 11.6 Å². The topological polar surface area (TPSA) is 89.3 Å². The van der Waals surface area contributed by atoms with E-state index in [0.717, 1.165) is 36.1 Å². The minimum atomic E-state index is -0.254. The molecule has 2 aromatic heterocycles. The number of rotatable bonds is 8. The van der Waals surface area contributed by atoms with Crippen LogP contribution in [0.4, 0.5) is 17.5 Å². The van der Waals surface area contributed by atoms with Crippen LogP contribution < -0.4 is 20.5 Å². The second-order valence-corrected chi connectivity index (χ2v) is 8.47. The van der Waals surface area contributed by atoms with Crippen LogP contribution in [0.25, 0.3) is 10.9 Å². The summed E-state index contributed by atoms with van der Waals surface area (Å²) in [4.78, 5) is 35.6. The van der Waals surface area contributed by atoms with Gasteiger partial charge in [-0.3, -0.25) is 9.59 Å². The van der Waals surface area contributed by atoms with Crippen molar-refractivity contribution in [3.05, 3.63) is 45.8 Å². The number of hydrogen-bond acceptors (Lipinski definition) is 7. The lowest BCUT2D eigenvalue weighted by Crippen LogP contribution is -2.38. The van der Waals surface area contributed by atoms with Gasteiger partial charge in [-0.25, -0.2) is 4.98 Å². The molecule has 0 saturated carbocycles. The molecule has 0 spiro atoms. The van der Waals surface area contributed by atoms with Crippen molar-refractivity contribution in [1.29, 1.82) is 0 Å². The minimum Gasteiger partial charge on any atom is -0.480 e. The Hall–Kier alpha value is -3.13. The van der Waals surface area contributed by atoms with Gasteiger partial charge in [-0.15, -0.1) is 0 Å². The average molecular weight is 456 g/mol. The number of Topliss-reactive ketones (excluding diaryl/α,β-unsaturated/α-hetero) is 1. The van der Waals surface area contributed by atoms with Crippen LogP contribution >= 0.6 is 11.6 Å².